The Morgan fingerprint density at radius 2 is 1.66 bits per heavy atom. The number of ketones is 1. The van der Waals surface area contributed by atoms with Crippen molar-refractivity contribution >= 4 is 17.7 Å². The third kappa shape index (κ3) is 8.16. The lowest BCUT2D eigenvalue weighted by atomic mass is 9.75. The highest BCUT2D eigenvalue weighted by Crippen LogP contribution is 2.45. The van der Waals surface area contributed by atoms with Crippen LogP contribution in [0.15, 0.2) is 48.1 Å². The van der Waals surface area contributed by atoms with Gasteiger partial charge >= 0.3 is 11.9 Å². The smallest absolute Gasteiger partial charge is 0.330 e. The molecule has 0 saturated carbocycles. The molecule has 0 aromatic heterocycles. The summed E-state index contributed by atoms with van der Waals surface area (Å²) in [5.41, 5.74) is 1.52. The van der Waals surface area contributed by atoms with Crippen molar-refractivity contribution in [3.05, 3.63) is 48.1 Å². The SMILES string of the molecule is C=C1CC2/C=C/C(C)(C)C3(OC)OC(C/C(=C\C(=O)OC)C3=O)CC(CC)OC(=O)CCCC3CC(=C)CC(CC(C1)O2)O3. The third-order valence-electron chi connectivity index (χ3n) is 9.23. The van der Waals surface area contributed by atoms with Crippen LogP contribution in [0, 0.1) is 5.41 Å². The van der Waals surface area contributed by atoms with E-state index in [1.165, 1.54) is 20.3 Å². The van der Waals surface area contributed by atoms with E-state index in [9.17, 15) is 14.4 Å². The molecule has 0 amide bonds. The summed E-state index contributed by atoms with van der Waals surface area (Å²) in [6, 6.07) is 0. The fraction of sp³-hybridized carbons (Fsp3) is 0.686. The van der Waals surface area contributed by atoms with Crippen molar-refractivity contribution in [2.45, 2.75) is 134 Å². The van der Waals surface area contributed by atoms with Crippen LogP contribution in [0.5, 0.6) is 0 Å². The molecule has 9 heteroatoms. The highest BCUT2D eigenvalue weighted by Gasteiger charge is 2.57. The van der Waals surface area contributed by atoms with E-state index in [1.54, 1.807) is 0 Å². The first-order valence-corrected chi connectivity index (χ1v) is 16.0. The molecule has 9 nitrogen and oxygen atoms in total. The average Bonchev–Trinajstić information content (AvgIpc) is 2.96. The second kappa shape index (κ2) is 14.7. The molecule has 244 valence electrons. The highest BCUT2D eigenvalue weighted by molar-refractivity contribution is 6.06. The van der Waals surface area contributed by atoms with E-state index < -0.39 is 35.2 Å². The zero-order valence-electron chi connectivity index (χ0n) is 27.1. The van der Waals surface area contributed by atoms with Gasteiger partial charge in [-0.3, -0.25) is 9.59 Å². The Bertz CT molecular complexity index is 1170. The second-order valence-electron chi connectivity index (χ2n) is 13.2. The molecule has 4 aliphatic rings. The molecule has 4 heterocycles. The van der Waals surface area contributed by atoms with E-state index in [1.807, 2.05) is 32.9 Å². The molecule has 0 radical (unpaired) electrons. The van der Waals surface area contributed by atoms with Gasteiger partial charge in [0.05, 0.1) is 37.6 Å². The molecule has 44 heavy (non-hydrogen) atoms. The standard InChI is InChI=1S/C35H50O9/c1-8-25-20-30-18-24(19-32(37)39-6)33(38)35(40-7,44-30)34(4,5)13-12-27-15-23(3)17-29(42-27)21-28-16-22(2)14-26(41-28)10-9-11-31(36)43-25/h12-13,19,25-30H,2-3,8-11,14-18,20-21H2,1,4-7H3/b13-12+,24-19+. The van der Waals surface area contributed by atoms with E-state index in [2.05, 4.69) is 13.2 Å². The molecular weight excluding hydrogens is 564 g/mol. The molecule has 6 bridgehead atoms. The van der Waals surface area contributed by atoms with Gasteiger partial charge in [-0.05, 0) is 44.9 Å². The Labute approximate surface area is 262 Å². The molecule has 3 fully saturated rings. The maximum Gasteiger partial charge on any atom is 0.330 e. The van der Waals surface area contributed by atoms with Gasteiger partial charge in [0.15, 0.2) is 0 Å². The Balaban J connectivity index is 1.69. The number of hydrogen-bond donors (Lipinski definition) is 0. The summed E-state index contributed by atoms with van der Waals surface area (Å²) in [7, 11) is 2.70. The lowest BCUT2D eigenvalue weighted by molar-refractivity contribution is -0.279. The normalized spacial score (nSPS) is 37.2. The summed E-state index contributed by atoms with van der Waals surface area (Å²) in [4.78, 5) is 39.2. The zero-order chi connectivity index (χ0) is 32.1. The number of carbonyl (C=O) groups is 3. The van der Waals surface area contributed by atoms with E-state index in [0.29, 0.717) is 25.7 Å². The van der Waals surface area contributed by atoms with Gasteiger partial charge in [0, 0.05) is 49.9 Å². The number of Topliss-reactive ketones (excluding diaryl/α,β-unsaturated/α-hetero) is 1. The van der Waals surface area contributed by atoms with Gasteiger partial charge in [-0.25, -0.2) is 4.79 Å². The summed E-state index contributed by atoms with van der Waals surface area (Å²) in [5, 5.41) is 0. The van der Waals surface area contributed by atoms with Crippen LogP contribution in [-0.2, 0) is 42.8 Å². The fourth-order valence-electron chi connectivity index (χ4n) is 6.94. The van der Waals surface area contributed by atoms with Gasteiger partial charge in [-0.2, -0.15) is 0 Å². The van der Waals surface area contributed by atoms with Crippen LogP contribution in [0.3, 0.4) is 0 Å². The summed E-state index contributed by atoms with van der Waals surface area (Å²) in [6.07, 6.45) is 10.2. The molecule has 7 unspecified atom stereocenters. The Morgan fingerprint density at radius 1 is 0.977 bits per heavy atom. The number of methoxy groups -OCH3 is 2. The second-order valence-corrected chi connectivity index (χ2v) is 13.2. The minimum Gasteiger partial charge on any atom is -0.466 e. The van der Waals surface area contributed by atoms with Crippen LogP contribution in [0.4, 0.5) is 0 Å². The van der Waals surface area contributed by atoms with Crippen LogP contribution in [0.25, 0.3) is 0 Å². The van der Waals surface area contributed by atoms with Crippen LogP contribution < -0.4 is 0 Å². The number of rotatable bonds is 3. The number of fused-ring (bicyclic) bond motifs is 6. The first-order valence-electron chi connectivity index (χ1n) is 16.0. The van der Waals surface area contributed by atoms with Crippen LogP contribution >= 0.6 is 0 Å². The first-order chi connectivity index (χ1) is 20.9. The van der Waals surface area contributed by atoms with Crippen molar-refractivity contribution in [2.24, 2.45) is 5.41 Å². The van der Waals surface area contributed by atoms with Gasteiger partial charge in [-0.15, -0.1) is 0 Å². The third-order valence-corrected chi connectivity index (χ3v) is 9.23. The van der Waals surface area contributed by atoms with Crippen molar-refractivity contribution in [3.8, 4) is 0 Å². The molecule has 0 N–H and O–H groups in total. The van der Waals surface area contributed by atoms with E-state index >= 15 is 0 Å². The van der Waals surface area contributed by atoms with Crippen molar-refractivity contribution in [3.63, 3.8) is 0 Å². The molecular formula is C35H50O9. The van der Waals surface area contributed by atoms with Gasteiger partial charge < -0.3 is 28.4 Å². The van der Waals surface area contributed by atoms with Crippen LogP contribution in [-0.4, -0.2) is 74.4 Å². The number of cyclic esters (lactones) is 1. The maximum absolute atomic E-state index is 14.0. The largest absolute Gasteiger partial charge is 0.466 e. The van der Waals surface area contributed by atoms with Gasteiger partial charge in [0.1, 0.15) is 6.10 Å². The molecule has 7 atom stereocenters. The molecule has 0 spiro atoms. The molecule has 3 saturated heterocycles. The lowest BCUT2D eigenvalue weighted by Crippen LogP contribution is -2.59. The maximum atomic E-state index is 14.0. The topological polar surface area (TPSA) is 107 Å². The molecule has 4 rings (SSSR count). The summed E-state index contributed by atoms with van der Waals surface area (Å²) < 4.78 is 36.2. The average molecular weight is 615 g/mol. The molecule has 0 aromatic rings. The van der Waals surface area contributed by atoms with Crippen molar-refractivity contribution in [1.29, 1.82) is 0 Å². The minimum atomic E-state index is -1.74. The minimum absolute atomic E-state index is 0.0118. The molecule has 0 aromatic carbocycles. The monoisotopic (exact) mass is 614 g/mol. The van der Waals surface area contributed by atoms with Crippen LogP contribution in [0.2, 0.25) is 0 Å². The van der Waals surface area contributed by atoms with Crippen molar-refractivity contribution in [1.82, 2.24) is 0 Å². The molecule has 4 aliphatic heterocycles. The number of hydrogen-bond acceptors (Lipinski definition) is 9. The Hall–Kier alpha value is -2.59. The summed E-state index contributed by atoms with van der Waals surface area (Å²) in [5.74, 6) is -3.11. The quantitative estimate of drug-likeness (QED) is 0.219. The van der Waals surface area contributed by atoms with E-state index in [4.69, 9.17) is 28.4 Å². The number of esters is 2. The lowest BCUT2D eigenvalue weighted by Gasteiger charge is -2.48. The predicted octanol–water partition coefficient (Wildman–Crippen LogP) is 5.86. The van der Waals surface area contributed by atoms with E-state index in [0.717, 1.165) is 43.3 Å². The van der Waals surface area contributed by atoms with Crippen molar-refractivity contribution < 1.29 is 42.8 Å². The van der Waals surface area contributed by atoms with Crippen LogP contribution in [0.1, 0.15) is 91.4 Å². The highest BCUT2D eigenvalue weighted by atomic mass is 16.7. The summed E-state index contributed by atoms with van der Waals surface area (Å²) in [6.45, 7) is 14.2. The predicted molar refractivity (Wildman–Crippen MR) is 165 cm³/mol. The Kier molecular flexibility index (Phi) is 11.4. The molecule has 0 aliphatic carbocycles. The fourth-order valence-corrected chi connectivity index (χ4v) is 6.94. The van der Waals surface area contributed by atoms with Gasteiger partial charge in [0.2, 0.25) is 11.6 Å². The van der Waals surface area contributed by atoms with Gasteiger partial charge in [-0.1, -0.05) is 57.2 Å². The summed E-state index contributed by atoms with van der Waals surface area (Å²) >= 11 is 0. The Morgan fingerprint density at radius 3 is 2.34 bits per heavy atom. The van der Waals surface area contributed by atoms with Crippen molar-refractivity contribution in [2.75, 3.05) is 14.2 Å². The zero-order valence-corrected chi connectivity index (χ0v) is 27.1. The number of ether oxygens (including phenoxy) is 6. The first kappa shape index (κ1) is 34.3. The van der Waals surface area contributed by atoms with E-state index in [-0.39, 0.29) is 48.8 Å². The number of carbonyl (C=O) groups excluding carboxylic acids is 3. The van der Waals surface area contributed by atoms with Gasteiger partial charge in [0.25, 0.3) is 0 Å².